The number of aliphatic hydroxyl groups is 3. The Morgan fingerprint density at radius 2 is 0.892 bits per heavy atom. The summed E-state index contributed by atoms with van der Waals surface area (Å²) < 4.78 is 2.16. The fraction of sp³-hybridized carbons (Fsp3) is 0.460. The molecule has 18 aliphatic rings. The smallest absolute Gasteiger partial charge is 0.265 e. The van der Waals surface area contributed by atoms with E-state index in [0.29, 0.717) is 25.7 Å². The van der Waals surface area contributed by atoms with Crippen molar-refractivity contribution < 1.29 is 53.7 Å². The predicted molar refractivity (Wildman–Crippen MR) is 360 cm³/mol. The van der Waals surface area contributed by atoms with Crippen molar-refractivity contribution in [2.24, 2.45) is 0 Å². The van der Waals surface area contributed by atoms with E-state index in [9.17, 15) is 53.7 Å². The second-order valence-corrected chi connectivity index (χ2v) is 37.5. The minimum atomic E-state index is -1.43. The third kappa shape index (κ3) is 6.16. The molecule has 15 fully saturated rings. The Morgan fingerprint density at radius 3 is 1.55 bits per heavy atom. The van der Waals surface area contributed by atoms with E-state index in [-0.39, 0.29) is 60.1 Å². The highest BCUT2D eigenvalue weighted by Gasteiger charge is 2.88. The van der Waals surface area contributed by atoms with Gasteiger partial charge in [-0.3, -0.25) is 48.2 Å². The van der Waals surface area contributed by atoms with Crippen LogP contribution >= 0.6 is 86.4 Å². The summed E-state index contributed by atoms with van der Waals surface area (Å²) in [7, 11) is 19.0. The first-order valence-corrected chi connectivity index (χ1v) is 39.3. The second kappa shape index (κ2) is 18.8. The number of aromatic nitrogens is 1. The number of rotatable bonds is 8. The fourth-order valence-electron chi connectivity index (χ4n) is 19.1. The van der Waals surface area contributed by atoms with Gasteiger partial charge in [-0.2, -0.15) is 0 Å². The Balaban J connectivity index is 0.000000137. The molecule has 3 spiro atoms. The van der Waals surface area contributed by atoms with Gasteiger partial charge >= 0.3 is 0 Å². The molecule has 4 aromatic carbocycles. The van der Waals surface area contributed by atoms with Crippen LogP contribution in [0.4, 0.5) is 11.4 Å². The zero-order valence-electron chi connectivity index (χ0n) is 50.8. The largest absolute Gasteiger partial charge is 0.392 e. The van der Waals surface area contributed by atoms with E-state index < -0.39 is 93.5 Å². The zero-order chi connectivity index (χ0) is 64.7. The van der Waals surface area contributed by atoms with Gasteiger partial charge in [0.05, 0.1) is 25.2 Å². The Bertz CT molecular complexity index is 4250. The molecule has 1 aliphatic carbocycles. The maximum Gasteiger partial charge on any atom is 0.265 e. The average Bonchev–Trinajstić information content (AvgIpc) is 1.46. The fourth-order valence-corrected chi connectivity index (χ4v) is 33.9. The second-order valence-electron chi connectivity index (χ2n) is 26.8. The lowest BCUT2D eigenvalue weighted by molar-refractivity contribution is -0.167. The van der Waals surface area contributed by atoms with Crippen LogP contribution in [0.5, 0.6) is 0 Å². The molecule has 0 radical (unpaired) electrons. The van der Waals surface area contributed by atoms with Gasteiger partial charge in [-0.05, 0) is 85.7 Å². The van der Waals surface area contributed by atoms with Crippen LogP contribution in [0.15, 0.2) is 103 Å². The van der Waals surface area contributed by atoms with E-state index in [1.54, 1.807) is 45.0 Å². The highest BCUT2D eigenvalue weighted by Crippen LogP contribution is 2.79. The first-order chi connectivity index (χ1) is 44.5. The molecule has 482 valence electrons. The summed E-state index contributed by atoms with van der Waals surface area (Å²) in [5, 5.41) is 39.7. The van der Waals surface area contributed by atoms with Crippen LogP contribution in [0.3, 0.4) is 0 Å². The van der Waals surface area contributed by atoms with Crippen LogP contribution in [-0.2, 0) is 67.6 Å². The molecule has 93 heavy (non-hydrogen) atoms. The molecule has 0 saturated carbocycles. The van der Waals surface area contributed by atoms with Gasteiger partial charge in [0.2, 0.25) is 14.6 Å². The predicted octanol–water partition coefficient (Wildman–Crippen LogP) is 4.80. The minimum Gasteiger partial charge on any atom is -0.392 e. The first kappa shape index (κ1) is 59.9. The van der Waals surface area contributed by atoms with Gasteiger partial charge in [-0.15, -0.1) is 0 Å². The van der Waals surface area contributed by atoms with Gasteiger partial charge in [0.25, 0.3) is 47.3 Å². The summed E-state index contributed by atoms with van der Waals surface area (Å²) >= 11 is 0. The van der Waals surface area contributed by atoms with E-state index in [1.165, 1.54) is 106 Å². The lowest BCUT2D eigenvalue weighted by Crippen LogP contribution is -2.77. The summed E-state index contributed by atoms with van der Waals surface area (Å²) in [6.45, 7) is 0.481. The molecule has 14 atom stereocenters. The van der Waals surface area contributed by atoms with Crippen molar-refractivity contribution in [1.82, 2.24) is 43.8 Å². The molecule has 30 heteroatoms. The molecular weight excluding hydrogens is 1340 g/mol. The summed E-state index contributed by atoms with van der Waals surface area (Å²) in [5.74, 6) is -1.68. The Kier molecular flexibility index (Phi) is 12.1. The van der Waals surface area contributed by atoms with Crippen molar-refractivity contribution in [2.45, 2.75) is 119 Å². The van der Waals surface area contributed by atoms with Gasteiger partial charge in [0, 0.05) is 106 Å². The number of likely N-dealkylation sites (N-methyl/N-ethyl adjacent to an activating group) is 5. The molecule has 8 amide bonds. The topological polar surface area (TPSA) is 252 Å². The zero-order valence-corrected chi connectivity index (χ0v) is 57.3. The normalized spacial score (nSPS) is 40.3. The van der Waals surface area contributed by atoms with Gasteiger partial charge in [0.15, 0.2) is 24.4 Å². The van der Waals surface area contributed by atoms with E-state index >= 15 is 0 Å². The minimum absolute atomic E-state index is 0.0712. The van der Waals surface area contributed by atoms with Crippen molar-refractivity contribution in [2.75, 3.05) is 65.7 Å². The quantitative estimate of drug-likeness (QED) is 0.131. The van der Waals surface area contributed by atoms with Crippen molar-refractivity contribution in [3.63, 3.8) is 0 Å². The maximum absolute atomic E-state index is 14.9. The van der Waals surface area contributed by atoms with Crippen molar-refractivity contribution in [3.05, 3.63) is 131 Å². The van der Waals surface area contributed by atoms with Gasteiger partial charge in [-0.25, -0.2) is 0 Å². The molecule has 15 saturated heterocycles. The van der Waals surface area contributed by atoms with Crippen LogP contribution in [-0.4, -0.2) is 219 Å². The molecule has 5 N–H and O–H groups in total. The number of nitrogens with one attached hydrogen (secondary N) is 2. The molecule has 5 aromatic rings. The Labute approximate surface area is 565 Å². The lowest BCUT2D eigenvalue weighted by atomic mass is 9.53. The Hall–Kier alpha value is -5.54. The number of carbonyl (C=O) groups is 8. The number of piperazine rings is 4. The monoisotopic (exact) mass is 1400 g/mol. The number of anilines is 2. The molecule has 18 heterocycles. The Morgan fingerprint density at radius 1 is 0.452 bits per heavy atom. The number of aliphatic hydroxyl groups excluding tert-OH is 3. The number of para-hydroxylation sites is 3. The van der Waals surface area contributed by atoms with E-state index in [2.05, 4.69) is 33.4 Å². The number of benzene rings is 4. The molecular formula is C63H61N11O11S8. The van der Waals surface area contributed by atoms with Crippen LogP contribution in [0.2, 0.25) is 0 Å². The molecule has 17 aliphatic heterocycles. The summed E-state index contributed by atoms with van der Waals surface area (Å²) in [6, 6.07) is 31.8. The standard InChI is InChI=1S/C32H31N5O5S4.C31H30N6O6S4/c1-4-29-25(41)37-22-28(19-11-7-8-12-20(19)33-22,15-31(37,45-43-29)24(40)34(29)2)27-14-30-23(39)35(3)32(16-38,46-44-30)26(42)36(30)21(27)13-17-9-5-6-10-18(17)27;1-33-25(42)30(15-38)34(2)23(40)28(33,44-46-30)12-17-13-36(21-11-7-4-8-18(17)21)27-14-29-24(41)35(3)31(16-39,47-45-29)26(43)37(29)22(27)32-20-10-6-5-9-19(20)27/h5-12,21-22,33,38H,4,13-16H2,1-3H3;4-11,13,22,32,38-39H,12,14-16H2,1-3H3. The number of hydrogen-bond donors (Lipinski definition) is 5. The van der Waals surface area contributed by atoms with Crippen LogP contribution in [0.1, 0.15) is 60.4 Å². The van der Waals surface area contributed by atoms with Crippen molar-refractivity contribution >= 4 is 156 Å². The van der Waals surface area contributed by atoms with E-state index in [0.717, 1.165) is 50.1 Å². The molecule has 8 bridgehead atoms. The van der Waals surface area contributed by atoms with E-state index in [1.807, 2.05) is 102 Å². The third-order valence-corrected chi connectivity index (χ3v) is 38.5. The number of amides is 8. The number of fused-ring (bicyclic) bond motifs is 20. The molecule has 14 unspecified atom stereocenters. The number of carbonyl (C=O) groups excluding carboxylic acids is 8. The average molecular weight is 1400 g/mol. The van der Waals surface area contributed by atoms with Gasteiger partial charge < -0.3 is 59.9 Å². The molecule has 22 nitrogen and oxygen atoms in total. The van der Waals surface area contributed by atoms with E-state index in [4.69, 9.17) is 0 Å². The van der Waals surface area contributed by atoms with Crippen molar-refractivity contribution in [3.8, 4) is 0 Å². The maximum atomic E-state index is 14.9. The highest BCUT2D eigenvalue weighted by atomic mass is 33.1. The summed E-state index contributed by atoms with van der Waals surface area (Å²) in [4.78, 5) is 118. The van der Waals surface area contributed by atoms with Crippen LogP contribution in [0, 0.1) is 0 Å². The number of nitrogens with zero attached hydrogens (tertiary/aromatic N) is 9. The van der Waals surface area contributed by atoms with Crippen LogP contribution in [0.25, 0.3) is 10.9 Å². The van der Waals surface area contributed by atoms with Crippen LogP contribution < -0.4 is 10.6 Å². The van der Waals surface area contributed by atoms with Gasteiger partial charge in [0.1, 0.15) is 17.9 Å². The molecule has 23 rings (SSSR count). The highest BCUT2D eigenvalue weighted by molar-refractivity contribution is 8.79. The summed E-state index contributed by atoms with van der Waals surface area (Å²) in [6.07, 6.45) is 2.97. The number of hydrogen-bond acceptors (Lipinski definition) is 21. The summed E-state index contributed by atoms with van der Waals surface area (Å²) in [5.41, 5.74) is 4.96. The lowest BCUT2D eigenvalue weighted by Gasteiger charge is -2.58. The molecule has 1 aromatic heterocycles. The van der Waals surface area contributed by atoms with Gasteiger partial charge in [-0.1, -0.05) is 140 Å². The third-order valence-electron chi connectivity index (χ3n) is 23.7. The SMILES string of the molecule is CCC12SSC3(CC4(C56CC78SSC(CO)(C(=O)N7C5Cc5ccccc56)N(C)C8=O)c5ccccc5NC4N3C1=O)C(=O)N2C.CN1C(=O)C2(Cc3cn(C45CC67SSC(CO)(C(=O)N6C4Nc4ccccc45)N(C)C7=O)c4ccccc34)SSC1(CO)C(=O)N2C. The van der Waals surface area contributed by atoms with Crippen molar-refractivity contribution in [1.29, 1.82) is 0 Å². The first-order valence-electron chi connectivity index (χ1n) is 30.7.